The van der Waals surface area contributed by atoms with Gasteiger partial charge in [0.25, 0.3) is 6.43 Å². The number of nitrogens with one attached hydrogen (secondary N) is 1. The maximum absolute atomic E-state index is 13.1. The highest BCUT2D eigenvalue weighted by Crippen LogP contribution is 2.29. The molecule has 0 aliphatic heterocycles. The number of rotatable bonds is 5. The summed E-state index contributed by atoms with van der Waals surface area (Å²) in [7, 11) is 1.51. The second kappa shape index (κ2) is 7.25. The smallest absolute Gasteiger partial charge is 0.422 e. The van der Waals surface area contributed by atoms with Crippen molar-refractivity contribution in [2.45, 2.75) is 12.6 Å². The van der Waals surface area contributed by atoms with Crippen molar-refractivity contribution in [2.24, 2.45) is 0 Å². The van der Waals surface area contributed by atoms with E-state index in [1.54, 1.807) is 0 Å². The maximum Gasteiger partial charge on any atom is 0.422 e. The molecule has 2 aromatic heterocycles. The lowest BCUT2D eigenvalue weighted by atomic mass is 10.2. The molecule has 0 amide bonds. The van der Waals surface area contributed by atoms with Crippen LogP contribution in [0, 0.1) is 11.3 Å². The van der Waals surface area contributed by atoms with Crippen LogP contribution in [0.15, 0.2) is 18.3 Å². The predicted molar refractivity (Wildman–Crippen MR) is 76.0 cm³/mol. The Balaban J connectivity index is 2.41. The summed E-state index contributed by atoms with van der Waals surface area (Å²) >= 11 is 0. The second-order valence-corrected chi connectivity index (χ2v) is 4.60. The molecule has 2 aromatic rings. The summed E-state index contributed by atoms with van der Waals surface area (Å²) in [4.78, 5) is 11.1. The molecule has 2 rings (SSSR count). The van der Waals surface area contributed by atoms with Gasteiger partial charge in [-0.3, -0.25) is 0 Å². The van der Waals surface area contributed by atoms with Gasteiger partial charge in [0.05, 0.1) is 17.5 Å². The Bertz CT molecular complexity index is 803. The van der Waals surface area contributed by atoms with Gasteiger partial charge in [0.2, 0.25) is 5.88 Å². The van der Waals surface area contributed by atoms with E-state index in [2.05, 4.69) is 25.0 Å². The molecule has 0 aliphatic rings. The average molecular weight is 359 g/mol. The van der Waals surface area contributed by atoms with Crippen LogP contribution in [0.1, 0.15) is 17.7 Å². The fourth-order valence-corrected chi connectivity index (χ4v) is 1.80. The number of anilines is 1. The third-order valence-corrected chi connectivity index (χ3v) is 2.86. The van der Waals surface area contributed by atoms with Crippen LogP contribution >= 0.6 is 0 Å². The Hall–Kier alpha value is -3.03. The van der Waals surface area contributed by atoms with Crippen LogP contribution in [0.5, 0.6) is 5.88 Å². The number of nitriles is 1. The Kier molecular flexibility index (Phi) is 5.31. The summed E-state index contributed by atoms with van der Waals surface area (Å²) < 4.78 is 66.9. The summed E-state index contributed by atoms with van der Waals surface area (Å²) in [6, 6.07) is 4.64. The van der Waals surface area contributed by atoms with E-state index in [0.29, 0.717) is 0 Å². The third kappa shape index (κ3) is 4.50. The molecule has 1 N–H and O–H groups in total. The van der Waals surface area contributed by atoms with Crippen LogP contribution in [0.2, 0.25) is 0 Å². The van der Waals surface area contributed by atoms with Crippen molar-refractivity contribution >= 4 is 5.82 Å². The van der Waals surface area contributed by atoms with Crippen molar-refractivity contribution in [3.05, 3.63) is 29.6 Å². The van der Waals surface area contributed by atoms with Gasteiger partial charge in [0.1, 0.15) is 17.6 Å². The van der Waals surface area contributed by atoms with Gasteiger partial charge in [-0.1, -0.05) is 0 Å². The molecular formula is C14H10F5N5O. The SMILES string of the molecule is CNc1nc(-c2cnc(OCC(F)(F)F)c(C(F)F)n2)ccc1C#N. The van der Waals surface area contributed by atoms with E-state index in [0.717, 1.165) is 6.20 Å². The maximum atomic E-state index is 13.1. The van der Waals surface area contributed by atoms with E-state index in [9.17, 15) is 22.0 Å². The number of aromatic nitrogens is 3. The van der Waals surface area contributed by atoms with Crippen molar-refractivity contribution in [3.8, 4) is 23.3 Å². The van der Waals surface area contributed by atoms with Gasteiger partial charge < -0.3 is 10.1 Å². The lowest BCUT2D eigenvalue weighted by Gasteiger charge is -2.12. The summed E-state index contributed by atoms with van der Waals surface area (Å²) in [5.41, 5.74) is -0.798. The molecule has 0 aromatic carbocycles. The van der Waals surface area contributed by atoms with Crippen molar-refractivity contribution < 1.29 is 26.7 Å². The molecule has 132 valence electrons. The number of nitrogens with zero attached hydrogens (tertiary/aromatic N) is 4. The first-order valence-corrected chi connectivity index (χ1v) is 6.69. The number of hydrogen-bond acceptors (Lipinski definition) is 6. The van der Waals surface area contributed by atoms with Gasteiger partial charge in [0.15, 0.2) is 12.3 Å². The van der Waals surface area contributed by atoms with E-state index in [1.807, 2.05) is 6.07 Å². The lowest BCUT2D eigenvalue weighted by Crippen LogP contribution is -2.20. The molecular weight excluding hydrogens is 349 g/mol. The Morgan fingerprint density at radius 1 is 1.24 bits per heavy atom. The Morgan fingerprint density at radius 2 is 1.96 bits per heavy atom. The van der Waals surface area contributed by atoms with Gasteiger partial charge in [-0.15, -0.1) is 0 Å². The first kappa shape index (κ1) is 18.3. The normalized spacial score (nSPS) is 11.3. The number of pyridine rings is 1. The van der Waals surface area contributed by atoms with Crippen molar-refractivity contribution in [1.82, 2.24) is 15.0 Å². The highest BCUT2D eigenvalue weighted by Gasteiger charge is 2.30. The van der Waals surface area contributed by atoms with E-state index in [-0.39, 0.29) is 22.8 Å². The Labute approximate surface area is 138 Å². The largest absolute Gasteiger partial charge is 0.467 e. The van der Waals surface area contributed by atoms with E-state index < -0.39 is 30.8 Å². The third-order valence-electron chi connectivity index (χ3n) is 2.86. The summed E-state index contributed by atoms with van der Waals surface area (Å²) in [6.07, 6.45) is -6.93. The molecule has 0 saturated heterocycles. The Morgan fingerprint density at radius 3 is 2.52 bits per heavy atom. The highest BCUT2D eigenvalue weighted by molar-refractivity contribution is 5.61. The standard InChI is InChI=1S/C14H10F5N5O/c1-21-12-7(4-20)2-3-8(24-12)9-5-22-13(10(23-9)11(15)16)25-6-14(17,18)19/h2-3,5,11H,6H2,1H3,(H,21,24). The summed E-state index contributed by atoms with van der Waals surface area (Å²) in [5.74, 6) is -0.712. The van der Waals surface area contributed by atoms with Crippen LogP contribution in [-0.2, 0) is 0 Å². The van der Waals surface area contributed by atoms with Crippen molar-refractivity contribution in [1.29, 1.82) is 5.26 Å². The minimum absolute atomic E-state index is 0.101. The van der Waals surface area contributed by atoms with Gasteiger partial charge in [0, 0.05) is 7.05 Å². The molecule has 2 heterocycles. The zero-order chi connectivity index (χ0) is 18.6. The number of hydrogen-bond donors (Lipinski definition) is 1. The predicted octanol–water partition coefficient (Wildman–Crippen LogP) is 3.33. The molecule has 0 bridgehead atoms. The highest BCUT2D eigenvalue weighted by atomic mass is 19.4. The molecule has 0 aliphatic carbocycles. The van der Waals surface area contributed by atoms with Gasteiger partial charge in [-0.25, -0.2) is 23.7 Å². The molecule has 0 atom stereocenters. The summed E-state index contributed by atoms with van der Waals surface area (Å²) in [6.45, 7) is -1.76. The van der Waals surface area contributed by atoms with Gasteiger partial charge >= 0.3 is 6.18 Å². The van der Waals surface area contributed by atoms with Crippen LogP contribution < -0.4 is 10.1 Å². The minimum atomic E-state index is -4.70. The number of ether oxygens (including phenoxy) is 1. The van der Waals surface area contributed by atoms with E-state index in [1.165, 1.54) is 19.2 Å². The van der Waals surface area contributed by atoms with Crippen LogP contribution in [0.25, 0.3) is 11.4 Å². The fourth-order valence-electron chi connectivity index (χ4n) is 1.80. The first-order chi connectivity index (χ1) is 11.7. The first-order valence-electron chi connectivity index (χ1n) is 6.69. The van der Waals surface area contributed by atoms with E-state index >= 15 is 0 Å². The monoisotopic (exact) mass is 359 g/mol. The number of halogens is 5. The second-order valence-electron chi connectivity index (χ2n) is 4.60. The van der Waals surface area contributed by atoms with Crippen molar-refractivity contribution in [3.63, 3.8) is 0 Å². The van der Waals surface area contributed by atoms with Gasteiger partial charge in [-0.05, 0) is 12.1 Å². The van der Waals surface area contributed by atoms with Gasteiger partial charge in [-0.2, -0.15) is 18.4 Å². The zero-order valence-electron chi connectivity index (χ0n) is 12.6. The topological polar surface area (TPSA) is 83.7 Å². The lowest BCUT2D eigenvalue weighted by molar-refractivity contribution is -0.154. The van der Waals surface area contributed by atoms with Crippen LogP contribution in [0.4, 0.5) is 27.8 Å². The molecule has 0 spiro atoms. The average Bonchev–Trinajstić information content (AvgIpc) is 2.58. The summed E-state index contributed by atoms with van der Waals surface area (Å²) in [5, 5.41) is 11.6. The zero-order valence-corrected chi connectivity index (χ0v) is 12.6. The van der Waals surface area contributed by atoms with Crippen LogP contribution in [-0.4, -0.2) is 34.8 Å². The molecule has 25 heavy (non-hydrogen) atoms. The quantitative estimate of drug-likeness (QED) is 0.825. The van der Waals surface area contributed by atoms with Crippen LogP contribution in [0.3, 0.4) is 0 Å². The van der Waals surface area contributed by atoms with Crippen molar-refractivity contribution in [2.75, 3.05) is 19.0 Å². The van der Waals surface area contributed by atoms with E-state index in [4.69, 9.17) is 5.26 Å². The molecule has 0 unspecified atom stereocenters. The fraction of sp³-hybridized carbons (Fsp3) is 0.286. The molecule has 0 radical (unpaired) electrons. The number of alkyl halides is 5. The molecule has 11 heteroatoms. The molecule has 0 fully saturated rings. The molecule has 0 saturated carbocycles. The minimum Gasteiger partial charge on any atom is -0.467 e. The molecule has 6 nitrogen and oxygen atoms in total.